The number of aryl methyl sites for hydroxylation is 1. The van der Waals surface area contributed by atoms with Gasteiger partial charge in [-0.3, -0.25) is 0 Å². The minimum Gasteiger partial charge on any atom is -0.311 e. The van der Waals surface area contributed by atoms with Crippen LogP contribution in [0.1, 0.15) is 153 Å². The Bertz CT molecular complexity index is 3650. The van der Waals surface area contributed by atoms with Crippen molar-refractivity contribution in [3.8, 4) is 11.1 Å². The van der Waals surface area contributed by atoms with Crippen LogP contribution in [0.3, 0.4) is 0 Å². The van der Waals surface area contributed by atoms with Crippen molar-refractivity contribution >= 4 is 74.3 Å². The molecular formula is C72H76BN3. The molecule has 0 unspecified atom stereocenters. The summed E-state index contributed by atoms with van der Waals surface area (Å²) in [7, 11) is 0. The van der Waals surface area contributed by atoms with Crippen molar-refractivity contribution in [2.24, 2.45) is 0 Å². The normalized spacial score (nSPS) is 19.0. The van der Waals surface area contributed by atoms with E-state index in [0.29, 0.717) is 0 Å². The Morgan fingerprint density at radius 2 is 0.855 bits per heavy atom. The number of benzene rings is 8. The lowest BCUT2D eigenvalue weighted by Crippen LogP contribution is -2.61. The highest BCUT2D eigenvalue weighted by molar-refractivity contribution is 7.00. The standard InChI is InChI=1S/C72H76BN3/c1-45-36-53-55(68(5,6)35-34-67(53,3)4)41-60(45)76-61-37-48(47-24-18-15-19-25-47)30-32-57(61)73-58-40-54-56(71(11,12)43-70(54,9)10)42-62(58)75(59-33-31-52-65(46(59)2)72(13,14)44-69(52,7)8)63-38-51(39-64(76)66(63)73)74(49-26-20-16-21-27-49)50-28-22-17-23-29-50/h15-33,36-42H,34-35,43-44H2,1-14H3. The lowest BCUT2D eigenvalue weighted by molar-refractivity contribution is 0.332. The van der Waals surface area contributed by atoms with E-state index >= 15 is 0 Å². The lowest BCUT2D eigenvalue weighted by Gasteiger charge is -2.47. The molecule has 13 rings (SSSR count). The molecule has 0 radical (unpaired) electrons. The highest BCUT2D eigenvalue weighted by Crippen LogP contribution is 2.58. The fraction of sp³-hybridized carbons (Fsp3) is 0.333. The van der Waals surface area contributed by atoms with Crippen molar-refractivity contribution in [2.75, 3.05) is 14.7 Å². The third-order valence-corrected chi connectivity index (χ3v) is 19.3. The molecule has 0 saturated carbocycles. The number of nitrogens with zero attached hydrogens (tertiary/aromatic N) is 3. The molecule has 2 heterocycles. The Hall–Kier alpha value is -6.78. The molecule has 76 heavy (non-hydrogen) atoms. The van der Waals surface area contributed by atoms with Gasteiger partial charge in [0, 0.05) is 45.5 Å². The van der Waals surface area contributed by atoms with E-state index in [0.717, 1.165) is 36.3 Å². The van der Waals surface area contributed by atoms with Crippen molar-refractivity contribution in [3.05, 3.63) is 202 Å². The Morgan fingerprint density at radius 1 is 0.368 bits per heavy atom. The summed E-state index contributed by atoms with van der Waals surface area (Å²) in [6.07, 6.45) is 4.55. The fourth-order valence-corrected chi connectivity index (χ4v) is 16.1. The van der Waals surface area contributed by atoms with E-state index in [9.17, 15) is 0 Å². The minimum absolute atomic E-state index is 0.00139. The molecule has 3 nitrogen and oxygen atoms in total. The first-order valence-corrected chi connectivity index (χ1v) is 28.3. The van der Waals surface area contributed by atoms with E-state index in [2.05, 4.69) is 269 Å². The van der Waals surface area contributed by atoms with Gasteiger partial charge in [-0.15, -0.1) is 0 Å². The van der Waals surface area contributed by atoms with Crippen LogP contribution in [0.4, 0.5) is 51.2 Å². The highest BCUT2D eigenvalue weighted by Gasteiger charge is 2.50. The fourth-order valence-electron chi connectivity index (χ4n) is 16.1. The van der Waals surface area contributed by atoms with Crippen molar-refractivity contribution in [1.29, 1.82) is 0 Å². The van der Waals surface area contributed by atoms with Crippen LogP contribution >= 0.6 is 0 Å². The molecule has 0 bridgehead atoms. The van der Waals surface area contributed by atoms with Crippen LogP contribution in [0.5, 0.6) is 0 Å². The van der Waals surface area contributed by atoms with Crippen molar-refractivity contribution < 1.29 is 0 Å². The number of para-hydroxylation sites is 2. The summed E-state index contributed by atoms with van der Waals surface area (Å²) in [5, 5.41) is 0. The van der Waals surface area contributed by atoms with Gasteiger partial charge in [-0.1, -0.05) is 180 Å². The van der Waals surface area contributed by atoms with E-state index in [1.165, 1.54) is 113 Å². The van der Waals surface area contributed by atoms with Crippen molar-refractivity contribution in [2.45, 2.75) is 155 Å². The van der Waals surface area contributed by atoms with E-state index in [4.69, 9.17) is 0 Å². The molecule has 8 aromatic carbocycles. The lowest BCUT2D eigenvalue weighted by atomic mass is 9.33. The van der Waals surface area contributed by atoms with E-state index < -0.39 is 0 Å². The van der Waals surface area contributed by atoms with Crippen molar-refractivity contribution in [3.63, 3.8) is 0 Å². The number of anilines is 9. The zero-order valence-corrected chi connectivity index (χ0v) is 47.8. The Balaban J connectivity index is 1.21. The van der Waals surface area contributed by atoms with Gasteiger partial charge in [0.15, 0.2) is 0 Å². The average Bonchev–Trinajstić information content (AvgIpc) is 3.81. The van der Waals surface area contributed by atoms with Gasteiger partial charge in [0.2, 0.25) is 0 Å². The van der Waals surface area contributed by atoms with Gasteiger partial charge >= 0.3 is 0 Å². The summed E-state index contributed by atoms with van der Waals surface area (Å²) in [5.74, 6) is 0. The molecule has 0 saturated heterocycles. The van der Waals surface area contributed by atoms with E-state index in [1.54, 1.807) is 0 Å². The van der Waals surface area contributed by atoms with Crippen LogP contribution in [0.15, 0.2) is 158 Å². The van der Waals surface area contributed by atoms with Crippen LogP contribution in [-0.2, 0) is 32.5 Å². The summed E-state index contributed by atoms with van der Waals surface area (Å²) in [5.41, 5.74) is 29.3. The molecule has 0 N–H and O–H groups in total. The quantitative estimate of drug-likeness (QED) is 0.154. The SMILES string of the molecule is Cc1cc2c(cc1N1c3cc(-c4ccccc4)ccc3B3c4cc5c(cc4N(c4ccc6c(c4C)C(C)(C)CC6(C)C)c4cc(N(c6ccccc6)c6ccccc6)cc1c43)C(C)(C)CC5(C)C)C(C)(C)CCC2(C)C. The molecular weight excluding hydrogens is 918 g/mol. The minimum atomic E-state index is -0.0356. The molecule has 2 aliphatic heterocycles. The summed E-state index contributed by atoms with van der Waals surface area (Å²) >= 11 is 0. The van der Waals surface area contributed by atoms with Gasteiger partial charge in [0.1, 0.15) is 0 Å². The Morgan fingerprint density at radius 3 is 1.46 bits per heavy atom. The summed E-state index contributed by atoms with van der Waals surface area (Å²) in [6.45, 7) is 34.5. The molecule has 0 aromatic heterocycles. The second-order valence-corrected chi connectivity index (χ2v) is 27.6. The summed E-state index contributed by atoms with van der Waals surface area (Å²) < 4.78 is 0. The molecule has 4 heteroatoms. The zero-order chi connectivity index (χ0) is 53.2. The maximum Gasteiger partial charge on any atom is 0.252 e. The molecule has 8 aromatic rings. The number of hydrogen-bond donors (Lipinski definition) is 0. The first-order chi connectivity index (χ1) is 36.0. The van der Waals surface area contributed by atoms with Gasteiger partial charge in [-0.2, -0.15) is 0 Å². The smallest absolute Gasteiger partial charge is 0.252 e. The number of rotatable bonds is 6. The van der Waals surface area contributed by atoms with Gasteiger partial charge in [-0.05, 0) is 205 Å². The third-order valence-electron chi connectivity index (χ3n) is 19.3. The largest absolute Gasteiger partial charge is 0.311 e. The molecule has 0 amide bonds. The molecule has 0 atom stereocenters. The second kappa shape index (κ2) is 16.4. The second-order valence-electron chi connectivity index (χ2n) is 27.6. The molecule has 0 spiro atoms. The molecule has 382 valence electrons. The number of hydrogen-bond acceptors (Lipinski definition) is 3. The first kappa shape index (κ1) is 48.8. The zero-order valence-electron chi connectivity index (χ0n) is 47.8. The van der Waals surface area contributed by atoms with E-state index in [1.807, 2.05) is 0 Å². The Kier molecular flexibility index (Phi) is 10.5. The topological polar surface area (TPSA) is 9.72 Å². The van der Waals surface area contributed by atoms with Crippen molar-refractivity contribution in [1.82, 2.24) is 0 Å². The molecule has 5 aliphatic rings. The highest BCUT2D eigenvalue weighted by atomic mass is 15.2. The van der Waals surface area contributed by atoms with Gasteiger partial charge < -0.3 is 14.7 Å². The molecule has 0 fully saturated rings. The summed E-state index contributed by atoms with van der Waals surface area (Å²) in [6, 6.07) is 61.2. The van der Waals surface area contributed by atoms with E-state index in [-0.39, 0.29) is 39.2 Å². The van der Waals surface area contributed by atoms with Crippen LogP contribution in [0.25, 0.3) is 11.1 Å². The van der Waals surface area contributed by atoms with Gasteiger partial charge in [-0.25, -0.2) is 0 Å². The Labute approximate surface area is 455 Å². The predicted octanol–water partition coefficient (Wildman–Crippen LogP) is 17.8. The average molecular weight is 994 g/mol. The molecule has 3 aliphatic carbocycles. The summed E-state index contributed by atoms with van der Waals surface area (Å²) in [4.78, 5) is 7.95. The van der Waals surface area contributed by atoms with Crippen LogP contribution < -0.4 is 31.1 Å². The van der Waals surface area contributed by atoms with Crippen LogP contribution in [0, 0.1) is 13.8 Å². The number of fused-ring (bicyclic) bond motifs is 7. The van der Waals surface area contributed by atoms with Gasteiger partial charge in [0.05, 0.1) is 5.69 Å². The van der Waals surface area contributed by atoms with Gasteiger partial charge in [0.25, 0.3) is 6.71 Å². The maximum atomic E-state index is 2.74. The maximum absolute atomic E-state index is 2.74. The third kappa shape index (κ3) is 7.21. The monoisotopic (exact) mass is 994 g/mol. The van der Waals surface area contributed by atoms with Crippen LogP contribution in [-0.4, -0.2) is 6.71 Å². The predicted molar refractivity (Wildman–Crippen MR) is 327 cm³/mol. The first-order valence-electron chi connectivity index (χ1n) is 28.3. The van der Waals surface area contributed by atoms with Crippen LogP contribution in [0.2, 0.25) is 0 Å².